The average molecular weight is 282 g/mol. The van der Waals surface area contributed by atoms with Crippen molar-refractivity contribution in [2.75, 3.05) is 12.3 Å². The Morgan fingerprint density at radius 3 is 2.72 bits per heavy atom. The molecule has 6 heteroatoms. The number of para-hydroxylation sites is 1. The Hall–Kier alpha value is -1.01. The maximum Gasteiger partial charge on any atom is 0.267 e. The number of rotatable bonds is 3. The summed E-state index contributed by atoms with van der Waals surface area (Å²) in [5.41, 5.74) is 0.568. The van der Waals surface area contributed by atoms with Gasteiger partial charge in [-0.05, 0) is 36.1 Å². The molecule has 96 valence electrons. The first-order chi connectivity index (χ1) is 8.57. The molecule has 1 aromatic rings. The molecular formula is C12H14N2O2S2. The standard InChI is InChI=1S/C12H14N2O2S2/c15-18(16)11-4-2-1-3-10(11)13-9-14(18)7-12(8-17)5-6-12/h1-4,9,17H,5-8H2. The molecule has 0 saturated heterocycles. The molecule has 1 aliphatic heterocycles. The number of aliphatic imine (C=N–C) groups is 1. The van der Waals surface area contributed by atoms with Gasteiger partial charge in [0.05, 0.1) is 5.69 Å². The Bertz CT molecular complexity index is 606. The normalized spacial score (nSPS) is 22.6. The molecule has 4 nitrogen and oxygen atoms in total. The van der Waals surface area contributed by atoms with Crippen LogP contribution in [0, 0.1) is 5.41 Å². The molecule has 18 heavy (non-hydrogen) atoms. The van der Waals surface area contributed by atoms with E-state index in [0.29, 0.717) is 22.9 Å². The summed E-state index contributed by atoms with van der Waals surface area (Å²) in [5.74, 6) is 0.717. The van der Waals surface area contributed by atoms with Gasteiger partial charge in [0, 0.05) is 6.54 Å². The zero-order valence-corrected chi connectivity index (χ0v) is 11.5. The molecular weight excluding hydrogens is 268 g/mol. The highest BCUT2D eigenvalue weighted by Gasteiger charge is 2.45. The minimum atomic E-state index is -3.44. The topological polar surface area (TPSA) is 49.7 Å². The van der Waals surface area contributed by atoms with Crippen molar-refractivity contribution in [3.8, 4) is 0 Å². The molecule has 0 N–H and O–H groups in total. The van der Waals surface area contributed by atoms with Crippen molar-refractivity contribution < 1.29 is 8.42 Å². The van der Waals surface area contributed by atoms with Crippen LogP contribution >= 0.6 is 12.6 Å². The molecule has 0 radical (unpaired) electrons. The minimum absolute atomic E-state index is 0.0501. The molecule has 0 unspecified atom stereocenters. The van der Waals surface area contributed by atoms with Gasteiger partial charge in [0.2, 0.25) is 0 Å². The van der Waals surface area contributed by atoms with Crippen LogP contribution in [0.15, 0.2) is 34.2 Å². The Kier molecular flexibility index (Phi) is 2.67. The van der Waals surface area contributed by atoms with E-state index in [4.69, 9.17) is 0 Å². The maximum atomic E-state index is 12.4. The maximum absolute atomic E-state index is 12.4. The fraction of sp³-hybridized carbons (Fsp3) is 0.417. The van der Waals surface area contributed by atoms with Gasteiger partial charge in [-0.25, -0.2) is 13.4 Å². The highest BCUT2D eigenvalue weighted by atomic mass is 32.2. The molecule has 0 spiro atoms. The third-order valence-electron chi connectivity index (χ3n) is 3.56. The summed E-state index contributed by atoms with van der Waals surface area (Å²) in [6, 6.07) is 6.83. The van der Waals surface area contributed by atoms with Gasteiger partial charge in [0.25, 0.3) is 10.0 Å². The van der Waals surface area contributed by atoms with Crippen molar-refractivity contribution in [2.24, 2.45) is 10.4 Å². The van der Waals surface area contributed by atoms with E-state index in [1.165, 1.54) is 10.6 Å². The molecule has 1 aromatic carbocycles. The van der Waals surface area contributed by atoms with Crippen molar-refractivity contribution in [3.63, 3.8) is 0 Å². The molecule has 1 fully saturated rings. The molecule has 3 rings (SSSR count). The molecule has 0 aromatic heterocycles. The SMILES string of the molecule is O=S1(=O)c2ccccc2N=CN1CC1(CS)CC1. The van der Waals surface area contributed by atoms with E-state index in [1.54, 1.807) is 24.3 Å². The first-order valence-corrected chi connectivity index (χ1v) is 7.91. The molecule has 1 saturated carbocycles. The second kappa shape index (κ2) is 3.99. The van der Waals surface area contributed by atoms with Crippen molar-refractivity contribution in [3.05, 3.63) is 24.3 Å². The lowest BCUT2D eigenvalue weighted by atomic mass is 10.1. The first kappa shape index (κ1) is 12.0. The fourth-order valence-corrected chi connectivity index (χ4v) is 4.02. The van der Waals surface area contributed by atoms with E-state index in [2.05, 4.69) is 17.6 Å². The number of fused-ring (bicyclic) bond motifs is 1. The van der Waals surface area contributed by atoms with Crippen LogP contribution in [0.25, 0.3) is 0 Å². The lowest BCUT2D eigenvalue weighted by Crippen LogP contribution is -2.37. The number of sulfonamides is 1. The predicted molar refractivity (Wildman–Crippen MR) is 74.0 cm³/mol. The van der Waals surface area contributed by atoms with Gasteiger partial charge in [0.1, 0.15) is 11.2 Å². The van der Waals surface area contributed by atoms with Crippen LogP contribution in [0.1, 0.15) is 12.8 Å². The fourth-order valence-electron chi connectivity index (χ4n) is 2.10. The van der Waals surface area contributed by atoms with E-state index >= 15 is 0 Å². The van der Waals surface area contributed by atoms with Gasteiger partial charge in [-0.15, -0.1) is 0 Å². The summed E-state index contributed by atoms with van der Waals surface area (Å²) in [5, 5.41) is 0. The van der Waals surface area contributed by atoms with Gasteiger partial charge in [-0.2, -0.15) is 12.6 Å². The van der Waals surface area contributed by atoms with Crippen molar-refractivity contribution in [1.82, 2.24) is 4.31 Å². The van der Waals surface area contributed by atoms with Crippen LogP contribution in [0.3, 0.4) is 0 Å². The lowest BCUT2D eigenvalue weighted by Gasteiger charge is -2.27. The second-order valence-corrected chi connectivity index (χ2v) is 7.10. The zero-order chi connectivity index (χ0) is 12.8. The Morgan fingerprint density at radius 1 is 1.33 bits per heavy atom. The quantitative estimate of drug-likeness (QED) is 0.863. The van der Waals surface area contributed by atoms with Crippen LogP contribution in [0.2, 0.25) is 0 Å². The van der Waals surface area contributed by atoms with Crippen molar-refractivity contribution in [2.45, 2.75) is 17.7 Å². The molecule has 1 aliphatic carbocycles. The van der Waals surface area contributed by atoms with E-state index in [0.717, 1.165) is 12.8 Å². The summed E-state index contributed by atoms with van der Waals surface area (Å²) in [4.78, 5) is 4.51. The van der Waals surface area contributed by atoms with Crippen molar-refractivity contribution >= 4 is 34.7 Å². The molecule has 2 aliphatic rings. The van der Waals surface area contributed by atoms with Gasteiger partial charge < -0.3 is 0 Å². The Morgan fingerprint density at radius 2 is 2.06 bits per heavy atom. The monoisotopic (exact) mass is 282 g/mol. The summed E-state index contributed by atoms with van der Waals surface area (Å²) >= 11 is 4.31. The van der Waals surface area contributed by atoms with E-state index in [-0.39, 0.29) is 5.41 Å². The average Bonchev–Trinajstić information content (AvgIpc) is 3.14. The van der Waals surface area contributed by atoms with Gasteiger partial charge in [0.15, 0.2) is 0 Å². The zero-order valence-electron chi connectivity index (χ0n) is 9.78. The third-order valence-corrected chi connectivity index (χ3v) is 5.97. The van der Waals surface area contributed by atoms with Crippen LogP contribution in [0.5, 0.6) is 0 Å². The van der Waals surface area contributed by atoms with Crippen LogP contribution in [0.4, 0.5) is 5.69 Å². The Balaban J connectivity index is 1.96. The molecule has 0 atom stereocenters. The number of hydrogen-bond donors (Lipinski definition) is 1. The van der Waals surface area contributed by atoms with Crippen LogP contribution < -0.4 is 0 Å². The summed E-state index contributed by atoms with van der Waals surface area (Å²) in [7, 11) is -3.44. The summed E-state index contributed by atoms with van der Waals surface area (Å²) in [6.45, 7) is 0.483. The van der Waals surface area contributed by atoms with Crippen molar-refractivity contribution in [1.29, 1.82) is 0 Å². The van der Waals surface area contributed by atoms with E-state index in [1.807, 2.05) is 0 Å². The third kappa shape index (κ3) is 1.83. The molecule has 1 heterocycles. The van der Waals surface area contributed by atoms with Crippen LogP contribution in [-0.4, -0.2) is 31.4 Å². The highest BCUT2D eigenvalue weighted by Crippen LogP contribution is 2.48. The highest BCUT2D eigenvalue weighted by molar-refractivity contribution is 7.89. The Labute approximate surface area is 112 Å². The number of hydrogen-bond acceptors (Lipinski definition) is 4. The number of benzene rings is 1. The van der Waals surface area contributed by atoms with Crippen LogP contribution in [-0.2, 0) is 10.0 Å². The molecule has 0 bridgehead atoms. The lowest BCUT2D eigenvalue weighted by molar-refractivity contribution is 0.444. The first-order valence-electron chi connectivity index (χ1n) is 5.83. The van der Waals surface area contributed by atoms with Gasteiger partial charge in [-0.1, -0.05) is 12.1 Å². The summed E-state index contributed by atoms with van der Waals surface area (Å²) < 4.78 is 26.2. The van der Waals surface area contributed by atoms with Gasteiger partial charge >= 0.3 is 0 Å². The largest absolute Gasteiger partial charge is 0.267 e. The predicted octanol–water partition coefficient (Wildman–Crippen LogP) is 2.06. The summed E-state index contributed by atoms with van der Waals surface area (Å²) in [6.07, 6.45) is 3.51. The minimum Gasteiger partial charge on any atom is -0.256 e. The molecule has 0 amide bonds. The number of thiol groups is 1. The second-order valence-electron chi connectivity index (χ2n) is 4.92. The van der Waals surface area contributed by atoms with E-state index in [9.17, 15) is 8.42 Å². The smallest absolute Gasteiger partial charge is 0.256 e. The van der Waals surface area contributed by atoms with E-state index < -0.39 is 10.0 Å². The van der Waals surface area contributed by atoms with Gasteiger partial charge in [-0.3, -0.25) is 4.31 Å². The number of nitrogens with zero attached hydrogens (tertiary/aromatic N) is 2.